The van der Waals surface area contributed by atoms with Crippen LogP contribution in [0.2, 0.25) is 0 Å². The molecular formula is C10H11NO6S. The number of nitro groups is 1. The van der Waals surface area contributed by atoms with E-state index in [2.05, 4.69) is 0 Å². The Hall–Kier alpha value is -1.96. The summed E-state index contributed by atoms with van der Waals surface area (Å²) in [6.07, 6.45) is -0.475. The first-order valence-electron chi connectivity index (χ1n) is 4.96. The zero-order valence-corrected chi connectivity index (χ0v) is 10.1. The Labute approximate surface area is 103 Å². The van der Waals surface area contributed by atoms with Crippen molar-refractivity contribution in [3.63, 3.8) is 0 Å². The Kier molecular flexibility index (Phi) is 4.38. The average Bonchev–Trinajstić information content (AvgIpc) is 2.26. The van der Waals surface area contributed by atoms with E-state index in [0.29, 0.717) is 0 Å². The van der Waals surface area contributed by atoms with Gasteiger partial charge >= 0.3 is 5.97 Å². The zero-order chi connectivity index (χ0) is 13.8. The molecule has 1 N–H and O–H groups in total. The van der Waals surface area contributed by atoms with Crippen molar-refractivity contribution in [1.82, 2.24) is 0 Å². The molecule has 0 atom stereocenters. The van der Waals surface area contributed by atoms with Gasteiger partial charge in [0, 0.05) is 12.1 Å². The highest BCUT2D eigenvalue weighted by Gasteiger charge is 2.15. The summed E-state index contributed by atoms with van der Waals surface area (Å²) in [7, 11) is -3.58. The van der Waals surface area contributed by atoms with Crippen LogP contribution >= 0.6 is 0 Å². The molecule has 1 aromatic rings. The normalized spacial score (nSPS) is 11.1. The van der Waals surface area contributed by atoms with Crippen molar-refractivity contribution in [2.75, 3.05) is 5.75 Å². The van der Waals surface area contributed by atoms with Gasteiger partial charge in [0.1, 0.15) is 0 Å². The van der Waals surface area contributed by atoms with Crippen molar-refractivity contribution in [3.8, 4) is 0 Å². The maximum absolute atomic E-state index is 11.6. The van der Waals surface area contributed by atoms with Gasteiger partial charge in [-0.3, -0.25) is 14.9 Å². The Morgan fingerprint density at radius 2 is 2.06 bits per heavy atom. The molecular weight excluding hydrogens is 262 g/mol. The predicted molar refractivity (Wildman–Crippen MR) is 62.8 cm³/mol. The van der Waals surface area contributed by atoms with E-state index in [9.17, 15) is 23.3 Å². The number of nitro benzene ring substituents is 1. The molecule has 0 aliphatic heterocycles. The number of aliphatic carboxylic acids is 1. The molecule has 1 aromatic carbocycles. The highest BCUT2D eigenvalue weighted by molar-refractivity contribution is 7.90. The van der Waals surface area contributed by atoms with Gasteiger partial charge in [-0.1, -0.05) is 12.1 Å². The molecule has 0 unspecified atom stereocenters. The van der Waals surface area contributed by atoms with Crippen molar-refractivity contribution in [1.29, 1.82) is 0 Å². The van der Waals surface area contributed by atoms with Gasteiger partial charge in [0.25, 0.3) is 5.69 Å². The number of non-ortho nitro benzene ring substituents is 1. The summed E-state index contributed by atoms with van der Waals surface area (Å²) in [6, 6.07) is 5.26. The van der Waals surface area contributed by atoms with Gasteiger partial charge in [0.05, 0.1) is 22.8 Å². The molecule has 0 aliphatic carbocycles. The number of rotatable bonds is 6. The van der Waals surface area contributed by atoms with Gasteiger partial charge in [-0.15, -0.1) is 0 Å². The van der Waals surface area contributed by atoms with E-state index >= 15 is 0 Å². The average molecular weight is 273 g/mol. The Morgan fingerprint density at radius 1 is 1.39 bits per heavy atom. The number of carbonyl (C=O) groups is 1. The van der Waals surface area contributed by atoms with Crippen LogP contribution in [-0.4, -0.2) is 30.2 Å². The molecule has 1 rings (SSSR count). The smallest absolute Gasteiger partial charge is 0.304 e. The molecule has 0 radical (unpaired) electrons. The second-order valence-corrected chi connectivity index (χ2v) is 5.85. The van der Waals surface area contributed by atoms with E-state index in [1.165, 1.54) is 18.2 Å². The predicted octanol–water partition coefficient (Wildman–Crippen LogP) is 0.984. The molecule has 98 valence electrons. The van der Waals surface area contributed by atoms with Crippen LogP contribution in [0.4, 0.5) is 5.69 Å². The second kappa shape index (κ2) is 5.58. The van der Waals surface area contributed by atoms with Crippen molar-refractivity contribution in [3.05, 3.63) is 39.9 Å². The summed E-state index contributed by atoms with van der Waals surface area (Å²) in [5.74, 6) is -2.08. The number of hydrogen-bond acceptors (Lipinski definition) is 5. The number of carboxylic acids is 1. The lowest BCUT2D eigenvalue weighted by Crippen LogP contribution is -2.12. The van der Waals surface area contributed by atoms with E-state index in [1.807, 2.05) is 0 Å². The van der Waals surface area contributed by atoms with Crippen molar-refractivity contribution < 1.29 is 23.2 Å². The maximum atomic E-state index is 11.6. The molecule has 0 saturated heterocycles. The van der Waals surface area contributed by atoms with Gasteiger partial charge in [0.15, 0.2) is 9.84 Å². The molecule has 8 heteroatoms. The van der Waals surface area contributed by atoms with Gasteiger partial charge in [-0.05, 0) is 5.56 Å². The lowest BCUT2D eigenvalue weighted by molar-refractivity contribution is -0.384. The maximum Gasteiger partial charge on any atom is 0.304 e. The Bertz CT molecular complexity index is 565. The Morgan fingerprint density at radius 3 is 2.61 bits per heavy atom. The zero-order valence-electron chi connectivity index (χ0n) is 9.27. The lowest BCUT2D eigenvalue weighted by atomic mass is 10.2. The fourth-order valence-electron chi connectivity index (χ4n) is 1.33. The summed E-state index contributed by atoms with van der Waals surface area (Å²) in [4.78, 5) is 20.2. The van der Waals surface area contributed by atoms with Gasteiger partial charge in [0.2, 0.25) is 0 Å². The minimum absolute atomic E-state index is 0.194. The van der Waals surface area contributed by atoms with Crippen LogP contribution in [0.5, 0.6) is 0 Å². The minimum Gasteiger partial charge on any atom is -0.481 e. The molecule has 7 nitrogen and oxygen atoms in total. The van der Waals surface area contributed by atoms with E-state index in [-0.39, 0.29) is 11.3 Å². The molecule has 0 bridgehead atoms. The van der Waals surface area contributed by atoms with Crippen LogP contribution in [0.15, 0.2) is 24.3 Å². The first-order valence-corrected chi connectivity index (χ1v) is 6.78. The monoisotopic (exact) mass is 273 g/mol. The summed E-state index contributed by atoms with van der Waals surface area (Å²) in [5.41, 5.74) is 0.0792. The van der Waals surface area contributed by atoms with Gasteiger partial charge in [-0.2, -0.15) is 0 Å². The number of carboxylic acid groups (broad SMARTS) is 1. The van der Waals surface area contributed by atoms with Crippen molar-refractivity contribution >= 4 is 21.5 Å². The molecule has 0 spiro atoms. The minimum atomic E-state index is -3.58. The molecule has 0 heterocycles. The highest BCUT2D eigenvalue weighted by Crippen LogP contribution is 2.15. The Balaban J connectivity index is 2.81. The van der Waals surface area contributed by atoms with Gasteiger partial charge in [-0.25, -0.2) is 8.42 Å². The van der Waals surface area contributed by atoms with Gasteiger partial charge < -0.3 is 5.11 Å². The molecule has 18 heavy (non-hydrogen) atoms. The summed E-state index contributed by atoms with van der Waals surface area (Å²) in [6.45, 7) is 0. The lowest BCUT2D eigenvalue weighted by Gasteiger charge is -2.02. The van der Waals surface area contributed by atoms with Crippen LogP contribution < -0.4 is 0 Å². The molecule has 0 saturated carbocycles. The van der Waals surface area contributed by atoms with Crippen LogP contribution in [0, 0.1) is 10.1 Å². The van der Waals surface area contributed by atoms with E-state index < -0.39 is 38.7 Å². The second-order valence-electron chi connectivity index (χ2n) is 3.66. The third-order valence-electron chi connectivity index (χ3n) is 2.13. The molecule has 0 amide bonds. The fraction of sp³-hybridized carbons (Fsp3) is 0.300. The van der Waals surface area contributed by atoms with Crippen LogP contribution in [-0.2, 0) is 20.4 Å². The molecule has 0 aliphatic rings. The third kappa shape index (κ3) is 4.50. The first kappa shape index (κ1) is 14.1. The molecule has 0 fully saturated rings. The standard InChI is InChI=1S/C10H11NO6S/c12-10(13)4-5-18(16,17)7-8-2-1-3-9(6-8)11(14)15/h1-3,6H,4-5,7H2,(H,12,13). The van der Waals surface area contributed by atoms with E-state index in [1.54, 1.807) is 0 Å². The topological polar surface area (TPSA) is 115 Å². The number of sulfone groups is 1. The third-order valence-corrected chi connectivity index (χ3v) is 3.73. The first-order chi connectivity index (χ1) is 8.30. The van der Waals surface area contributed by atoms with Crippen LogP contribution in [0.3, 0.4) is 0 Å². The number of nitrogens with zero attached hydrogens (tertiary/aromatic N) is 1. The number of hydrogen-bond donors (Lipinski definition) is 1. The number of benzene rings is 1. The largest absolute Gasteiger partial charge is 0.481 e. The quantitative estimate of drug-likeness (QED) is 0.610. The fourth-order valence-corrected chi connectivity index (χ4v) is 2.65. The summed E-state index contributed by atoms with van der Waals surface area (Å²) < 4.78 is 23.1. The SMILES string of the molecule is O=C(O)CCS(=O)(=O)Cc1cccc([N+](=O)[O-])c1. The van der Waals surface area contributed by atoms with Crippen LogP contribution in [0.1, 0.15) is 12.0 Å². The summed E-state index contributed by atoms with van der Waals surface area (Å²) >= 11 is 0. The van der Waals surface area contributed by atoms with Crippen LogP contribution in [0.25, 0.3) is 0 Å². The van der Waals surface area contributed by atoms with E-state index in [4.69, 9.17) is 5.11 Å². The highest BCUT2D eigenvalue weighted by atomic mass is 32.2. The summed E-state index contributed by atoms with van der Waals surface area (Å²) in [5, 5.41) is 18.9. The van der Waals surface area contributed by atoms with Crippen molar-refractivity contribution in [2.24, 2.45) is 0 Å². The van der Waals surface area contributed by atoms with E-state index in [0.717, 1.165) is 6.07 Å². The van der Waals surface area contributed by atoms with Crippen molar-refractivity contribution in [2.45, 2.75) is 12.2 Å². The molecule has 0 aromatic heterocycles.